The summed E-state index contributed by atoms with van der Waals surface area (Å²) in [5.74, 6) is -0.190. The van der Waals surface area contributed by atoms with E-state index in [4.69, 9.17) is 16.3 Å². The average Bonchev–Trinajstić information content (AvgIpc) is 3.14. The number of nitrogens with one attached hydrogen (secondary N) is 1. The number of halogens is 2. The Labute approximate surface area is 181 Å². The second kappa shape index (κ2) is 6.77. The zero-order valence-electron chi connectivity index (χ0n) is 15.6. The van der Waals surface area contributed by atoms with E-state index in [1.807, 2.05) is 45.0 Å². The van der Waals surface area contributed by atoms with Crippen LogP contribution in [0.1, 0.15) is 36.7 Å². The minimum atomic E-state index is -0.648. The Morgan fingerprint density at radius 2 is 1.93 bits per heavy atom. The Bertz CT molecular complexity index is 1140. The van der Waals surface area contributed by atoms with E-state index in [1.54, 1.807) is 16.7 Å². The normalized spacial score (nSPS) is 13.5. The number of rotatable bonds is 1. The molecule has 0 atom stereocenters. The number of hydrogen-bond donors (Lipinski definition) is 1. The van der Waals surface area contributed by atoms with Crippen LogP contribution in [0.25, 0.3) is 22.2 Å². The smallest absolute Gasteiger partial charge is 0.419 e. The van der Waals surface area contributed by atoms with Crippen LogP contribution in [0, 0.1) is 3.57 Å². The van der Waals surface area contributed by atoms with E-state index in [9.17, 15) is 9.59 Å². The van der Waals surface area contributed by atoms with Gasteiger partial charge < -0.3 is 10.1 Å². The molecule has 1 amide bonds. The van der Waals surface area contributed by atoms with E-state index in [0.29, 0.717) is 28.4 Å². The number of ether oxygens (including phenoxy) is 1. The molecular weight excluding hydrogens is 491 g/mol. The van der Waals surface area contributed by atoms with Crippen LogP contribution in [0.3, 0.4) is 0 Å². The lowest BCUT2D eigenvalue weighted by molar-refractivity contribution is 0.0546. The summed E-state index contributed by atoms with van der Waals surface area (Å²) >= 11 is 8.53. The van der Waals surface area contributed by atoms with Crippen molar-refractivity contribution < 1.29 is 14.3 Å². The van der Waals surface area contributed by atoms with Crippen molar-refractivity contribution in [1.29, 1.82) is 0 Å². The van der Waals surface area contributed by atoms with Gasteiger partial charge in [-0.1, -0.05) is 35.9 Å². The molecule has 28 heavy (non-hydrogen) atoms. The topological polar surface area (TPSA) is 60.3 Å². The van der Waals surface area contributed by atoms with Crippen LogP contribution in [0.15, 0.2) is 36.4 Å². The maximum absolute atomic E-state index is 13.1. The molecule has 0 spiro atoms. The van der Waals surface area contributed by atoms with E-state index in [2.05, 4.69) is 27.9 Å². The predicted molar refractivity (Wildman–Crippen MR) is 118 cm³/mol. The van der Waals surface area contributed by atoms with Gasteiger partial charge in [-0.15, -0.1) is 0 Å². The van der Waals surface area contributed by atoms with Crippen molar-refractivity contribution in [2.75, 3.05) is 0 Å². The quantitative estimate of drug-likeness (QED) is 0.436. The van der Waals surface area contributed by atoms with E-state index in [0.717, 1.165) is 20.0 Å². The SMILES string of the molecule is CC(C)(C)OC(=O)n1c(-c2ccc(Cl)c3c2C(=O)NC3)c(I)c2ccccc21. The molecule has 7 heteroatoms. The molecule has 2 aromatic carbocycles. The predicted octanol–water partition coefficient (Wildman–Crippen LogP) is 5.59. The fraction of sp³-hybridized carbons (Fsp3) is 0.238. The molecule has 0 fully saturated rings. The van der Waals surface area contributed by atoms with Crippen molar-refractivity contribution >= 4 is 57.1 Å². The number of para-hydroxylation sites is 1. The lowest BCUT2D eigenvalue weighted by Crippen LogP contribution is -2.27. The van der Waals surface area contributed by atoms with Gasteiger partial charge in [0.1, 0.15) is 5.60 Å². The summed E-state index contributed by atoms with van der Waals surface area (Å²) in [5, 5.41) is 4.28. The van der Waals surface area contributed by atoms with Crippen LogP contribution in [0.4, 0.5) is 4.79 Å². The first-order valence-electron chi connectivity index (χ1n) is 8.81. The molecule has 1 aliphatic rings. The monoisotopic (exact) mass is 508 g/mol. The zero-order valence-corrected chi connectivity index (χ0v) is 18.5. The van der Waals surface area contributed by atoms with Crippen molar-refractivity contribution in [2.24, 2.45) is 0 Å². The maximum atomic E-state index is 13.1. The van der Waals surface area contributed by atoms with E-state index >= 15 is 0 Å². The number of aromatic nitrogens is 1. The number of carbonyl (C=O) groups is 2. The highest BCUT2D eigenvalue weighted by atomic mass is 127. The minimum absolute atomic E-state index is 0.190. The summed E-state index contributed by atoms with van der Waals surface area (Å²) in [5.41, 5.74) is 2.66. The lowest BCUT2D eigenvalue weighted by Gasteiger charge is -2.21. The first-order valence-corrected chi connectivity index (χ1v) is 10.3. The molecule has 0 unspecified atom stereocenters. The molecule has 4 rings (SSSR count). The van der Waals surface area contributed by atoms with E-state index in [-0.39, 0.29) is 5.91 Å². The van der Waals surface area contributed by atoms with Gasteiger partial charge in [0.2, 0.25) is 0 Å². The molecule has 0 saturated carbocycles. The molecule has 0 bridgehead atoms. The second-order valence-electron chi connectivity index (χ2n) is 7.63. The highest BCUT2D eigenvalue weighted by Gasteiger charge is 2.31. The van der Waals surface area contributed by atoms with Crippen LogP contribution in [0.2, 0.25) is 5.02 Å². The third-order valence-corrected chi connectivity index (χ3v) is 6.00. The Kier molecular flexibility index (Phi) is 4.66. The zero-order chi connectivity index (χ0) is 20.2. The van der Waals surface area contributed by atoms with Gasteiger partial charge in [-0.3, -0.25) is 4.79 Å². The number of carbonyl (C=O) groups excluding carboxylic acids is 2. The molecule has 1 aromatic heterocycles. The fourth-order valence-corrected chi connectivity index (χ4v) is 4.66. The van der Waals surface area contributed by atoms with Crippen LogP contribution in [-0.4, -0.2) is 22.2 Å². The summed E-state index contributed by atoms with van der Waals surface area (Å²) in [6.07, 6.45) is -0.483. The van der Waals surface area contributed by atoms with Crippen LogP contribution >= 0.6 is 34.2 Å². The largest absolute Gasteiger partial charge is 0.443 e. The molecule has 0 aliphatic carbocycles. The third-order valence-electron chi connectivity index (χ3n) is 4.55. The molecular formula is C21H18ClIN2O3. The summed E-state index contributed by atoms with van der Waals surface area (Å²) in [6, 6.07) is 11.2. The molecule has 0 radical (unpaired) electrons. The number of hydrogen-bond acceptors (Lipinski definition) is 3. The molecule has 0 saturated heterocycles. The molecule has 1 N–H and O–H groups in total. The maximum Gasteiger partial charge on any atom is 0.419 e. The Balaban J connectivity index is 2.05. The van der Waals surface area contributed by atoms with Gasteiger partial charge in [-0.25, -0.2) is 9.36 Å². The first-order chi connectivity index (χ1) is 13.2. The second-order valence-corrected chi connectivity index (χ2v) is 9.11. The number of fused-ring (bicyclic) bond motifs is 2. The van der Waals surface area contributed by atoms with Crippen molar-refractivity contribution in [3.05, 3.63) is 56.1 Å². The fourth-order valence-electron chi connectivity index (χ4n) is 3.45. The van der Waals surface area contributed by atoms with Crippen molar-refractivity contribution in [1.82, 2.24) is 9.88 Å². The van der Waals surface area contributed by atoms with Gasteiger partial charge in [0, 0.05) is 31.7 Å². The molecule has 5 nitrogen and oxygen atoms in total. The summed E-state index contributed by atoms with van der Waals surface area (Å²) in [6.45, 7) is 5.86. The molecule has 2 heterocycles. The minimum Gasteiger partial charge on any atom is -0.443 e. The van der Waals surface area contributed by atoms with Gasteiger partial charge in [0.05, 0.1) is 16.8 Å². The van der Waals surface area contributed by atoms with Gasteiger partial charge in [-0.2, -0.15) is 0 Å². The van der Waals surface area contributed by atoms with Crippen LogP contribution in [0.5, 0.6) is 0 Å². The number of benzene rings is 2. The van der Waals surface area contributed by atoms with Crippen LogP contribution in [-0.2, 0) is 11.3 Å². The molecule has 144 valence electrons. The van der Waals surface area contributed by atoms with Gasteiger partial charge >= 0.3 is 6.09 Å². The van der Waals surface area contributed by atoms with Crippen molar-refractivity contribution in [2.45, 2.75) is 32.9 Å². The van der Waals surface area contributed by atoms with Gasteiger partial charge in [-0.05, 0) is 55.5 Å². The number of nitrogens with zero attached hydrogens (tertiary/aromatic N) is 1. The average molecular weight is 509 g/mol. The summed E-state index contributed by atoms with van der Waals surface area (Å²) in [7, 11) is 0. The Hall–Kier alpha value is -2.06. The van der Waals surface area contributed by atoms with Crippen LogP contribution < -0.4 is 5.32 Å². The summed E-state index contributed by atoms with van der Waals surface area (Å²) in [4.78, 5) is 25.7. The van der Waals surface area contributed by atoms with E-state index < -0.39 is 11.7 Å². The molecule has 1 aliphatic heterocycles. The van der Waals surface area contributed by atoms with Gasteiger partial charge in [0.25, 0.3) is 5.91 Å². The first kappa shape index (κ1) is 19.3. The summed E-state index contributed by atoms with van der Waals surface area (Å²) < 4.78 is 8.10. The van der Waals surface area contributed by atoms with E-state index in [1.165, 1.54) is 0 Å². The van der Waals surface area contributed by atoms with Crippen molar-refractivity contribution in [3.8, 4) is 11.3 Å². The Morgan fingerprint density at radius 1 is 1.21 bits per heavy atom. The Morgan fingerprint density at radius 3 is 2.64 bits per heavy atom. The van der Waals surface area contributed by atoms with Crippen molar-refractivity contribution in [3.63, 3.8) is 0 Å². The standard InChI is InChI=1S/C21H18ClIN2O3/c1-21(2,3)28-20(27)25-15-7-5-4-6-11(15)17(23)18(25)12-8-9-14(22)13-10-24-19(26)16(12)13/h4-9H,10H2,1-3H3,(H,24,26). The molecule has 3 aromatic rings. The highest BCUT2D eigenvalue weighted by Crippen LogP contribution is 2.40. The third kappa shape index (κ3) is 3.08. The highest BCUT2D eigenvalue weighted by molar-refractivity contribution is 14.1. The number of amides is 1. The lowest BCUT2D eigenvalue weighted by atomic mass is 10.00. The van der Waals surface area contributed by atoms with Gasteiger partial charge in [0.15, 0.2) is 0 Å².